The van der Waals surface area contributed by atoms with Gasteiger partial charge in [-0.2, -0.15) is 0 Å². The van der Waals surface area contributed by atoms with Crippen LogP contribution in [0.3, 0.4) is 0 Å². The predicted molar refractivity (Wildman–Crippen MR) is 123 cm³/mol. The minimum absolute atomic E-state index is 0.0591. The molecule has 1 fully saturated rings. The summed E-state index contributed by atoms with van der Waals surface area (Å²) in [6.45, 7) is 4.29. The van der Waals surface area contributed by atoms with E-state index in [0.29, 0.717) is 18.2 Å². The number of rotatable bonds is 7. The summed E-state index contributed by atoms with van der Waals surface area (Å²) in [7, 11) is 0. The molecule has 0 bridgehead atoms. The van der Waals surface area contributed by atoms with E-state index in [1.165, 1.54) is 18.4 Å². The van der Waals surface area contributed by atoms with Gasteiger partial charge in [-0.05, 0) is 29.7 Å². The van der Waals surface area contributed by atoms with Crippen LogP contribution < -0.4 is 5.56 Å². The fourth-order valence-electron chi connectivity index (χ4n) is 3.35. The van der Waals surface area contributed by atoms with Gasteiger partial charge in [-0.3, -0.25) is 9.36 Å². The lowest BCUT2D eigenvalue weighted by molar-refractivity contribution is 0.672. The molecular weight excluding hydrogens is 418 g/mol. The van der Waals surface area contributed by atoms with Crippen molar-refractivity contribution < 1.29 is 0 Å². The Balaban J connectivity index is 1.44. The molecule has 3 aromatic heterocycles. The van der Waals surface area contributed by atoms with Gasteiger partial charge in [-0.15, -0.1) is 29.3 Å². The lowest BCUT2D eigenvalue weighted by atomic mass is 10.1. The summed E-state index contributed by atoms with van der Waals surface area (Å²) in [5, 5.41) is 6.76. The molecule has 5 rings (SSSR count). The molecule has 29 heavy (non-hydrogen) atoms. The van der Waals surface area contributed by atoms with E-state index in [1.54, 1.807) is 45.1 Å². The minimum Gasteiger partial charge on any atom is -0.283 e. The fraction of sp³-hybridized carbons (Fsp3) is 0.227. The van der Waals surface area contributed by atoms with Crippen LogP contribution in [0.4, 0.5) is 0 Å². The number of thioether (sulfide) groups is 1. The second-order valence-corrected chi connectivity index (χ2v) is 9.70. The number of allylic oxidation sites excluding steroid dienone is 1. The average Bonchev–Trinajstić information content (AvgIpc) is 3.32. The van der Waals surface area contributed by atoms with Crippen molar-refractivity contribution in [2.24, 2.45) is 0 Å². The van der Waals surface area contributed by atoms with Crippen LogP contribution in [-0.2, 0) is 12.3 Å². The largest absolute Gasteiger partial charge is 0.283 e. The van der Waals surface area contributed by atoms with Crippen molar-refractivity contribution in [2.75, 3.05) is 0 Å². The molecule has 4 nitrogen and oxygen atoms in total. The lowest BCUT2D eigenvalue weighted by Gasteiger charge is -2.10. The Morgan fingerprint density at radius 3 is 2.76 bits per heavy atom. The van der Waals surface area contributed by atoms with Crippen molar-refractivity contribution >= 4 is 44.7 Å². The molecule has 1 aromatic carbocycles. The number of thiophene rings is 1. The molecule has 1 aliphatic carbocycles. The molecule has 3 heterocycles. The number of nitrogens with zero attached hydrogens (tertiary/aromatic N) is 3. The third-order valence-corrected chi connectivity index (χ3v) is 7.78. The highest BCUT2D eigenvalue weighted by molar-refractivity contribution is 7.98. The highest BCUT2D eigenvalue weighted by Gasteiger charge is 2.28. The van der Waals surface area contributed by atoms with Crippen LogP contribution in [0.2, 0.25) is 0 Å². The zero-order valence-corrected chi connectivity index (χ0v) is 18.2. The first-order valence-corrected chi connectivity index (χ1v) is 12.2. The van der Waals surface area contributed by atoms with Crippen molar-refractivity contribution in [3.63, 3.8) is 0 Å². The maximum absolute atomic E-state index is 13.2. The molecule has 0 aliphatic heterocycles. The molecule has 0 unspecified atom stereocenters. The molecular formula is C22H19N3OS3. The van der Waals surface area contributed by atoms with Gasteiger partial charge in [0.1, 0.15) is 9.84 Å². The summed E-state index contributed by atoms with van der Waals surface area (Å²) in [6.07, 6.45) is 4.12. The molecule has 0 atom stereocenters. The maximum Gasteiger partial charge on any atom is 0.263 e. The molecule has 0 N–H and O–H groups in total. The summed E-state index contributed by atoms with van der Waals surface area (Å²) < 4.78 is 1.75. The zero-order chi connectivity index (χ0) is 19.8. The molecule has 146 valence electrons. The third-order valence-electron chi connectivity index (χ3n) is 4.94. The molecule has 4 aromatic rings. The highest BCUT2D eigenvalue weighted by Crippen LogP contribution is 2.44. The van der Waals surface area contributed by atoms with E-state index in [4.69, 9.17) is 9.97 Å². The van der Waals surface area contributed by atoms with E-state index >= 15 is 0 Å². The topological polar surface area (TPSA) is 47.8 Å². The van der Waals surface area contributed by atoms with E-state index in [9.17, 15) is 4.79 Å². The van der Waals surface area contributed by atoms with Gasteiger partial charge >= 0.3 is 0 Å². The van der Waals surface area contributed by atoms with Gasteiger partial charge < -0.3 is 0 Å². The first kappa shape index (κ1) is 18.8. The van der Waals surface area contributed by atoms with Crippen LogP contribution >= 0.6 is 34.4 Å². The number of benzene rings is 1. The van der Waals surface area contributed by atoms with Crippen LogP contribution in [0.5, 0.6) is 0 Å². The number of hydrogen-bond donors (Lipinski definition) is 0. The van der Waals surface area contributed by atoms with Crippen molar-refractivity contribution in [2.45, 2.75) is 36.2 Å². The van der Waals surface area contributed by atoms with Gasteiger partial charge in [0, 0.05) is 23.2 Å². The van der Waals surface area contributed by atoms with Gasteiger partial charge in [0.05, 0.1) is 11.1 Å². The van der Waals surface area contributed by atoms with Crippen molar-refractivity contribution in [1.29, 1.82) is 0 Å². The number of fused-ring (bicyclic) bond motifs is 1. The van der Waals surface area contributed by atoms with Crippen LogP contribution in [0.25, 0.3) is 20.8 Å². The Kier molecular flexibility index (Phi) is 5.11. The average molecular weight is 438 g/mol. The van der Waals surface area contributed by atoms with Gasteiger partial charge in [-0.1, -0.05) is 48.2 Å². The fourth-order valence-corrected chi connectivity index (χ4v) is 6.24. The van der Waals surface area contributed by atoms with Gasteiger partial charge in [0.2, 0.25) is 0 Å². The molecule has 1 aliphatic rings. The molecule has 0 radical (unpaired) electrons. The van der Waals surface area contributed by atoms with Crippen LogP contribution in [0, 0.1) is 0 Å². The molecule has 0 saturated heterocycles. The van der Waals surface area contributed by atoms with E-state index in [2.05, 4.69) is 29.5 Å². The van der Waals surface area contributed by atoms with Gasteiger partial charge in [0.25, 0.3) is 5.56 Å². The Morgan fingerprint density at radius 2 is 2.00 bits per heavy atom. The van der Waals surface area contributed by atoms with Crippen LogP contribution in [0.15, 0.2) is 63.7 Å². The second-order valence-electron chi connectivity index (χ2n) is 7.04. The first-order chi connectivity index (χ1) is 14.2. The highest BCUT2D eigenvalue weighted by atomic mass is 32.2. The van der Waals surface area contributed by atoms with E-state index in [0.717, 1.165) is 31.6 Å². The van der Waals surface area contributed by atoms with Crippen LogP contribution in [0.1, 0.15) is 30.0 Å². The van der Waals surface area contributed by atoms with Crippen molar-refractivity contribution in [1.82, 2.24) is 14.5 Å². The second kappa shape index (κ2) is 7.89. The van der Waals surface area contributed by atoms with Crippen molar-refractivity contribution in [3.05, 3.63) is 75.4 Å². The quantitative estimate of drug-likeness (QED) is 0.204. The monoisotopic (exact) mass is 437 g/mol. The Hall–Kier alpha value is -2.22. The number of hydrogen-bond acceptors (Lipinski definition) is 6. The molecule has 0 spiro atoms. The predicted octanol–water partition coefficient (Wildman–Crippen LogP) is 5.94. The lowest BCUT2D eigenvalue weighted by Crippen LogP contribution is -2.22. The Bertz CT molecular complexity index is 1240. The smallest absolute Gasteiger partial charge is 0.263 e. The number of thiazole rings is 1. The summed E-state index contributed by atoms with van der Waals surface area (Å²) in [5.74, 6) is 1.22. The summed E-state index contributed by atoms with van der Waals surface area (Å²) >= 11 is 4.79. The zero-order valence-electron chi connectivity index (χ0n) is 15.7. The van der Waals surface area contributed by atoms with Crippen LogP contribution in [-0.4, -0.2) is 14.5 Å². The normalized spacial score (nSPS) is 13.8. The van der Waals surface area contributed by atoms with E-state index < -0.39 is 0 Å². The minimum atomic E-state index is 0.0591. The molecule has 0 amide bonds. The van der Waals surface area contributed by atoms with E-state index in [1.807, 2.05) is 18.2 Å². The van der Waals surface area contributed by atoms with Crippen molar-refractivity contribution in [3.8, 4) is 10.6 Å². The Morgan fingerprint density at radius 1 is 1.17 bits per heavy atom. The Labute approximate surface area is 181 Å². The van der Waals surface area contributed by atoms with Gasteiger partial charge in [-0.25, -0.2) is 9.97 Å². The summed E-state index contributed by atoms with van der Waals surface area (Å²) in [6, 6.07) is 10.2. The van der Waals surface area contributed by atoms with E-state index in [-0.39, 0.29) is 5.56 Å². The summed E-state index contributed by atoms with van der Waals surface area (Å²) in [5.41, 5.74) is 3.37. The standard InChI is InChI=1S/C22H19N3OS3/c1-2-10-25-21(26)18-17(14-8-9-14)13-28-20(18)24-22(25)29-12-16-11-27-19(23-16)15-6-4-3-5-7-15/h2-7,11,13-14H,1,8-10,12H2. The first-order valence-electron chi connectivity index (χ1n) is 9.50. The number of aromatic nitrogens is 3. The molecule has 7 heteroatoms. The summed E-state index contributed by atoms with van der Waals surface area (Å²) in [4.78, 5) is 23.7. The SMILES string of the molecule is C=CCn1c(SCc2csc(-c3ccccc3)n2)nc2scc(C3CC3)c2c1=O. The third kappa shape index (κ3) is 3.70. The maximum atomic E-state index is 13.2. The molecule has 1 saturated carbocycles. The van der Waals surface area contributed by atoms with Gasteiger partial charge in [0.15, 0.2) is 5.16 Å².